The number of rotatable bonds is 5. The highest BCUT2D eigenvalue weighted by Crippen LogP contribution is 2.25. The number of hydrogen-bond donors (Lipinski definition) is 1. The van der Waals surface area contributed by atoms with Crippen molar-refractivity contribution in [3.63, 3.8) is 0 Å². The molecule has 1 saturated heterocycles. The molecule has 0 bridgehead atoms. The molecule has 1 fully saturated rings. The van der Waals surface area contributed by atoms with Gasteiger partial charge in [0.15, 0.2) is 17.2 Å². The topological polar surface area (TPSA) is 81.0 Å². The standard InChI is InChI=1S/C19H20BrN5O3/c1-2-28-19(26)15-11-25-12-16(20)23-17(18(25)22-15)21-13-3-5-14(6-4-13)24-7-9-27-10-8-24/h3-6,11-12H,2,7-10H2,1H3,(H,21,23). The predicted octanol–water partition coefficient (Wildman–Crippen LogP) is 3.25. The van der Waals surface area contributed by atoms with Crippen molar-refractivity contribution >= 4 is 44.7 Å². The zero-order valence-electron chi connectivity index (χ0n) is 15.4. The summed E-state index contributed by atoms with van der Waals surface area (Å²) in [6.45, 7) is 5.36. The third kappa shape index (κ3) is 3.95. The molecule has 2 aromatic heterocycles. The second-order valence-corrected chi connectivity index (χ2v) is 7.07. The van der Waals surface area contributed by atoms with Crippen LogP contribution >= 0.6 is 15.9 Å². The van der Waals surface area contributed by atoms with Gasteiger partial charge in [-0.3, -0.25) is 0 Å². The molecule has 0 radical (unpaired) electrons. The first-order chi connectivity index (χ1) is 13.6. The maximum absolute atomic E-state index is 12.0. The molecule has 0 aliphatic carbocycles. The minimum absolute atomic E-state index is 0.243. The molecule has 0 atom stereocenters. The molecule has 0 amide bonds. The average molecular weight is 446 g/mol. The van der Waals surface area contributed by atoms with Crippen molar-refractivity contribution in [2.24, 2.45) is 0 Å². The molecular formula is C19H20BrN5O3. The minimum atomic E-state index is -0.455. The molecule has 0 saturated carbocycles. The summed E-state index contributed by atoms with van der Waals surface area (Å²) in [6.07, 6.45) is 3.38. The van der Waals surface area contributed by atoms with Gasteiger partial charge < -0.3 is 24.1 Å². The summed E-state index contributed by atoms with van der Waals surface area (Å²) in [5.74, 6) is 0.0900. The summed E-state index contributed by atoms with van der Waals surface area (Å²) in [5, 5.41) is 3.28. The van der Waals surface area contributed by atoms with Gasteiger partial charge >= 0.3 is 5.97 Å². The molecule has 1 aromatic carbocycles. The number of fused-ring (bicyclic) bond motifs is 1. The lowest BCUT2D eigenvalue weighted by molar-refractivity contribution is 0.0520. The van der Waals surface area contributed by atoms with Crippen LogP contribution in [0.4, 0.5) is 17.2 Å². The summed E-state index contributed by atoms with van der Waals surface area (Å²) < 4.78 is 12.8. The lowest BCUT2D eigenvalue weighted by Gasteiger charge is -2.28. The number of esters is 1. The molecule has 1 N–H and O–H groups in total. The molecule has 146 valence electrons. The molecule has 4 rings (SSSR count). The van der Waals surface area contributed by atoms with E-state index in [2.05, 4.69) is 48.2 Å². The van der Waals surface area contributed by atoms with Crippen molar-refractivity contribution < 1.29 is 14.3 Å². The van der Waals surface area contributed by atoms with Crippen LogP contribution in [0.3, 0.4) is 0 Å². The SMILES string of the molecule is CCOC(=O)c1cn2cc(Br)nc(Nc3ccc(N4CCOCC4)cc3)c2n1. The first-order valence-corrected chi connectivity index (χ1v) is 9.85. The number of imidazole rings is 1. The lowest BCUT2D eigenvalue weighted by Crippen LogP contribution is -2.36. The van der Waals surface area contributed by atoms with Gasteiger partial charge in [0.1, 0.15) is 4.60 Å². The highest BCUT2D eigenvalue weighted by molar-refractivity contribution is 9.10. The normalized spacial score (nSPS) is 14.3. The van der Waals surface area contributed by atoms with Gasteiger partial charge in [-0.05, 0) is 47.1 Å². The first-order valence-electron chi connectivity index (χ1n) is 9.06. The number of halogens is 1. The van der Waals surface area contributed by atoms with Crippen molar-refractivity contribution in [1.82, 2.24) is 14.4 Å². The van der Waals surface area contributed by atoms with Gasteiger partial charge in [-0.15, -0.1) is 0 Å². The summed E-state index contributed by atoms with van der Waals surface area (Å²) >= 11 is 3.40. The van der Waals surface area contributed by atoms with E-state index in [9.17, 15) is 4.79 Å². The van der Waals surface area contributed by atoms with Gasteiger partial charge in [0.2, 0.25) is 0 Å². The Hall–Kier alpha value is -2.65. The Labute approximate surface area is 170 Å². The van der Waals surface area contributed by atoms with Crippen LogP contribution in [-0.2, 0) is 9.47 Å². The largest absolute Gasteiger partial charge is 0.461 e. The van der Waals surface area contributed by atoms with E-state index in [0.29, 0.717) is 22.7 Å². The third-order valence-electron chi connectivity index (χ3n) is 4.40. The number of hydrogen-bond acceptors (Lipinski definition) is 7. The van der Waals surface area contributed by atoms with Gasteiger partial charge in [0, 0.05) is 36.9 Å². The fourth-order valence-corrected chi connectivity index (χ4v) is 3.47. The maximum atomic E-state index is 12.0. The third-order valence-corrected chi connectivity index (χ3v) is 4.78. The molecule has 3 aromatic rings. The quantitative estimate of drug-likeness (QED) is 0.603. The van der Waals surface area contributed by atoms with Gasteiger partial charge in [-0.2, -0.15) is 0 Å². The molecule has 8 nitrogen and oxygen atoms in total. The minimum Gasteiger partial charge on any atom is -0.461 e. The van der Waals surface area contributed by atoms with Gasteiger partial charge in [-0.1, -0.05) is 0 Å². The Bertz CT molecular complexity index is 983. The molecule has 0 spiro atoms. The van der Waals surface area contributed by atoms with Crippen molar-refractivity contribution in [2.75, 3.05) is 43.1 Å². The van der Waals surface area contributed by atoms with Crippen LogP contribution in [-0.4, -0.2) is 53.2 Å². The Kier molecular flexibility index (Phi) is 5.45. The number of ether oxygens (including phenoxy) is 2. The monoisotopic (exact) mass is 445 g/mol. The molecule has 1 aliphatic rings. The van der Waals surface area contributed by atoms with E-state index in [1.807, 2.05) is 12.1 Å². The number of morpholine rings is 1. The van der Waals surface area contributed by atoms with E-state index in [-0.39, 0.29) is 5.69 Å². The second kappa shape index (κ2) is 8.15. The number of nitrogens with one attached hydrogen (secondary N) is 1. The van der Waals surface area contributed by atoms with E-state index in [4.69, 9.17) is 9.47 Å². The van der Waals surface area contributed by atoms with Crippen molar-refractivity contribution in [3.05, 3.63) is 47.0 Å². The lowest BCUT2D eigenvalue weighted by atomic mass is 10.2. The Morgan fingerprint density at radius 1 is 1.21 bits per heavy atom. The second-order valence-electron chi connectivity index (χ2n) is 6.26. The zero-order valence-corrected chi connectivity index (χ0v) is 17.0. The van der Waals surface area contributed by atoms with Crippen molar-refractivity contribution in [2.45, 2.75) is 6.92 Å². The van der Waals surface area contributed by atoms with Gasteiger partial charge in [0.25, 0.3) is 0 Å². The van der Waals surface area contributed by atoms with Gasteiger partial charge in [0.05, 0.1) is 19.8 Å². The number of carbonyl (C=O) groups excluding carboxylic acids is 1. The molecule has 0 unspecified atom stereocenters. The van der Waals surface area contributed by atoms with E-state index < -0.39 is 5.97 Å². The molecule has 3 heterocycles. The number of anilines is 3. The van der Waals surface area contributed by atoms with Crippen molar-refractivity contribution in [1.29, 1.82) is 0 Å². The van der Waals surface area contributed by atoms with Crippen LogP contribution in [0.2, 0.25) is 0 Å². The number of benzene rings is 1. The zero-order chi connectivity index (χ0) is 19.5. The Morgan fingerprint density at radius 2 is 1.96 bits per heavy atom. The molecule has 1 aliphatic heterocycles. The molecular weight excluding hydrogens is 426 g/mol. The highest BCUT2D eigenvalue weighted by atomic mass is 79.9. The van der Waals surface area contributed by atoms with E-state index in [1.165, 1.54) is 0 Å². The van der Waals surface area contributed by atoms with Crippen LogP contribution < -0.4 is 10.2 Å². The molecule has 28 heavy (non-hydrogen) atoms. The summed E-state index contributed by atoms with van der Waals surface area (Å²) in [6, 6.07) is 8.13. The maximum Gasteiger partial charge on any atom is 0.358 e. The van der Waals surface area contributed by atoms with Crippen LogP contribution in [0, 0.1) is 0 Å². The fourth-order valence-electron chi connectivity index (χ4n) is 3.07. The van der Waals surface area contributed by atoms with E-state index >= 15 is 0 Å². The average Bonchev–Trinajstić information content (AvgIpc) is 3.14. The highest BCUT2D eigenvalue weighted by Gasteiger charge is 2.16. The Morgan fingerprint density at radius 3 is 2.68 bits per heavy atom. The summed E-state index contributed by atoms with van der Waals surface area (Å²) in [7, 11) is 0. The van der Waals surface area contributed by atoms with Crippen LogP contribution in [0.5, 0.6) is 0 Å². The Balaban J connectivity index is 1.59. The summed E-state index contributed by atoms with van der Waals surface area (Å²) in [5.41, 5.74) is 2.83. The first kappa shape index (κ1) is 18.7. The molecule has 9 heteroatoms. The predicted molar refractivity (Wildman–Crippen MR) is 109 cm³/mol. The van der Waals surface area contributed by atoms with Crippen molar-refractivity contribution in [3.8, 4) is 0 Å². The van der Waals surface area contributed by atoms with Gasteiger partial charge in [-0.25, -0.2) is 14.8 Å². The number of nitrogens with zero attached hydrogens (tertiary/aromatic N) is 4. The van der Waals surface area contributed by atoms with Crippen LogP contribution in [0.1, 0.15) is 17.4 Å². The number of aromatic nitrogens is 3. The number of carbonyl (C=O) groups is 1. The van der Waals surface area contributed by atoms with Crippen LogP contribution in [0.15, 0.2) is 41.3 Å². The smallest absolute Gasteiger partial charge is 0.358 e. The van der Waals surface area contributed by atoms with E-state index in [0.717, 1.165) is 37.7 Å². The fraction of sp³-hybridized carbons (Fsp3) is 0.316. The summed E-state index contributed by atoms with van der Waals surface area (Å²) in [4.78, 5) is 23.1. The van der Waals surface area contributed by atoms with E-state index in [1.54, 1.807) is 23.7 Å². The van der Waals surface area contributed by atoms with Crippen LogP contribution in [0.25, 0.3) is 5.65 Å².